The Labute approximate surface area is 104 Å². The van der Waals surface area contributed by atoms with E-state index in [1.807, 2.05) is 11.7 Å². The molecule has 1 aliphatic heterocycles. The zero-order valence-electron chi connectivity index (χ0n) is 11.1. The molecule has 1 aromatic heterocycles. The molecule has 0 aromatic carbocycles. The van der Waals surface area contributed by atoms with Gasteiger partial charge in [0.1, 0.15) is 0 Å². The van der Waals surface area contributed by atoms with Crippen molar-refractivity contribution in [1.82, 2.24) is 14.7 Å². The van der Waals surface area contributed by atoms with Gasteiger partial charge in [0.05, 0.1) is 18.9 Å². The monoisotopic (exact) mass is 237 g/mol. The zero-order valence-corrected chi connectivity index (χ0v) is 11.1. The summed E-state index contributed by atoms with van der Waals surface area (Å²) < 4.78 is 7.29. The lowest BCUT2D eigenvalue weighted by Gasteiger charge is -2.26. The van der Waals surface area contributed by atoms with Gasteiger partial charge in [-0.2, -0.15) is 5.10 Å². The number of ether oxygens (including phenoxy) is 1. The summed E-state index contributed by atoms with van der Waals surface area (Å²) in [6.07, 6.45) is 3.20. The highest BCUT2D eigenvalue weighted by Crippen LogP contribution is 2.18. The minimum absolute atomic E-state index is 0.559. The Kier molecular flexibility index (Phi) is 4.18. The molecule has 0 radical (unpaired) electrons. The van der Waals surface area contributed by atoms with E-state index in [4.69, 9.17) is 4.74 Å². The van der Waals surface area contributed by atoms with Gasteiger partial charge in [-0.25, -0.2) is 0 Å². The maximum absolute atomic E-state index is 5.36. The molecule has 0 atom stereocenters. The fraction of sp³-hybridized carbons (Fsp3) is 0.769. The summed E-state index contributed by atoms with van der Waals surface area (Å²) in [5, 5.41) is 4.58. The van der Waals surface area contributed by atoms with E-state index in [-0.39, 0.29) is 0 Å². The van der Waals surface area contributed by atoms with Crippen LogP contribution in [-0.4, -0.2) is 47.5 Å². The van der Waals surface area contributed by atoms with Crippen LogP contribution in [0.4, 0.5) is 0 Å². The van der Waals surface area contributed by atoms with Crippen molar-refractivity contribution in [1.29, 1.82) is 0 Å². The average Bonchev–Trinajstić information content (AvgIpc) is 2.69. The van der Waals surface area contributed by atoms with Gasteiger partial charge in [-0.05, 0) is 11.5 Å². The largest absolute Gasteiger partial charge is 0.379 e. The van der Waals surface area contributed by atoms with E-state index in [9.17, 15) is 0 Å². The molecular formula is C13H23N3O. The molecule has 96 valence electrons. The van der Waals surface area contributed by atoms with Crippen LogP contribution in [0.15, 0.2) is 6.20 Å². The first-order valence-corrected chi connectivity index (χ1v) is 6.49. The van der Waals surface area contributed by atoms with Gasteiger partial charge in [0.25, 0.3) is 0 Å². The summed E-state index contributed by atoms with van der Waals surface area (Å²) >= 11 is 0. The molecule has 1 aromatic rings. The third kappa shape index (κ3) is 3.30. The van der Waals surface area contributed by atoms with E-state index in [0.717, 1.165) is 39.3 Å². The van der Waals surface area contributed by atoms with E-state index < -0.39 is 0 Å². The highest BCUT2D eigenvalue weighted by Gasteiger charge is 2.14. The Morgan fingerprint density at radius 1 is 1.35 bits per heavy atom. The molecule has 4 nitrogen and oxygen atoms in total. The first kappa shape index (κ1) is 12.6. The Morgan fingerprint density at radius 3 is 2.71 bits per heavy atom. The number of hydrogen-bond acceptors (Lipinski definition) is 3. The van der Waals surface area contributed by atoms with E-state index in [1.54, 1.807) is 0 Å². The normalized spacial score (nSPS) is 17.9. The van der Waals surface area contributed by atoms with Crippen molar-refractivity contribution in [3.63, 3.8) is 0 Å². The van der Waals surface area contributed by atoms with Gasteiger partial charge in [-0.1, -0.05) is 13.8 Å². The van der Waals surface area contributed by atoms with Crippen LogP contribution in [0, 0.1) is 0 Å². The van der Waals surface area contributed by atoms with Gasteiger partial charge in [0.15, 0.2) is 0 Å². The minimum atomic E-state index is 0.559. The molecule has 2 heterocycles. The quantitative estimate of drug-likeness (QED) is 0.793. The molecule has 0 unspecified atom stereocenters. The number of aromatic nitrogens is 2. The first-order chi connectivity index (χ1) is 8.16. The summed E-state index contributed by atoms with van der Waals surface area (Å²) in [5.74, 6) is 0.559. The molecule has 17 heavy (non-hydrogen) atoms. The van der Waals surface area contributed by atoms with Crippen molar-refractivity contribution in [3.05, 3.63) is 17.5 Å². The average molecular weight is 237 g/mol. The van der Waals surface area contributed by atoms with Crippen molar-refractivity contribution in [3.8, 4) is 0 Å². The Morgan fingerprint density at radius 2 is 2.06 bits per heavy atom. The fourth-order valence-electron chi connectivity index (χ4n) is 2.32. The number of rotatable bonds is 4. The standard InChI is InChI=1S/C13H23N3O/c1-11(2)12-10-15(3)14-13(12)4-5-16-6-8-17-9-7-16/h10-11H,4-9H2,1-3H3. The van der Waals surface area contributed by atoms with E-state index in [2.05, 4.69) is 30.0 Å². The van der Waals surface area contributed by atoms with Crippen LogP contribution >= 0.6 is 0 Å². The smallest absolute Gasteiger partial charge is 0.0671 e. The molecule has 0 spiro atoms. The third-order valence-corrected chi connectivity index (χ3v) is 3.33. The van der Waals surface area contributed by atoms with Gasteiger partial charge < -0.3 is 4.74 Å². The maximum Gasteiger partial charge on any atom is 0.0671 e. The summed E-state index contributed by atoms with van der Waals surface area (Å²) in [7, 11) is 2.00. The molecule has 0 N–H and O–H groups in total. The Balaban J connectivity index is 1.93. The van der Waals surface area contributed by atoms with E-state index in [1.165, 1.54) is 11.3 Å². The van der Waals surface area contributed by atoms with Gasteiger partial charge >= 0.3 is 0 Å². The van der Waals surface area contributed by atoms with Gasteiger partial charge in [0, 0.05) is 39.3 Å². The van der Waals surface area contributed by atoms with Crippen LogP contribution in [-0.2, 0) is 18.2 Å². The van der Waals surface area contributed by atoms with Crippen LogP contribution in [0.25, 0.3) is 0 Å². The van der Waals surface area contributed by atoms with Crippen molar-refractivity contribution < 1.29 is 4.74 Å². The lowest BCUT2D eigenvalue weighted by molar-refractivity contribution is 0.0383. The topological polar surface area (TPSA) is 30.3 Å². The molecular weight excluding hydrogens is 214 g/mol. The van der Waals surface area contributed by atoms with Crippen LogP contribution in [0.5, 0.6) is 0 Å². The number of morpholine rings is 1. The zero-order chi connectivity index (χ0) is 12.3. The Hall–Kier alpha value is -0.870. The van der Waals surface area contributed by atoms with E-state index >= 15 is 0 Å². The second-order valence-electron chi connectivity index (χ2n) is 5.06. The maximum atomic E-state index is 5.36. The lowest BCUT2D eigenvalue weighted by Crippen LogP contribution is -2.37. The number of nitrogens with zero attached hydrogens (tertiary/aromatic N) is 3. The highest BCUT2D eigenvalue weighted by molar-refractivity contribution is 5.21. The van der Waals surface area contributed by atoms with Crippen molar-refractivity contribution in [2.24, 2.45) is 7.05 Å². The number of hydrogen-bond donors (Lipinski definition) is 0. The van der Waals surface area contributed by atoms with Crippen LogP contribution in [0.3, 0.4) is 0 Å². The molecule has 1 saturated heterocycles. The van der Waals surface area contributed by atoms with Crippen LogP contribution < -0.4 is 0 Å². The van der Waals surface area contributed by atoms with E-state index in [0.29, 0.717) is 5.92 Å². The third-order valence-electron chi connectivity index (χ3n) is 3.33. The molecule has 0 aliphatic carbocycles. The van der Waals surface area contributed by atoms with Crippen LogP contribution in [0.1, 0.15) is 31.0 Å². The van der Waals surface area contributed by atoms with Gasteiger partial charge in [-0.15, -0.1) is 0 Å². The molecule has 0 bridgehead atoms. The fourth-order valence-corrected chi connectivity index (χ4v) is 2.32. The predicted octanol–water partition coefficient (Wildman–Crippen LogP) is 1.42. The molecule has 1 aliphatic rings. The van der Waals surface area contributed by atoms with Crippen molar-refractivity contribution >= 4 is 0 Å². The number of aryl methyl sites for hydroxylation is 1. The highest BCUT2D eigenvalue weighted by atomic mass is 16.5. The molecule has 0 amide bonds. The first-order valence-electron chi connectivity index (χ1n) is 6.49. The van der Waals surface area contributed by atoms with Gasteiger partial charge in [0.2, 0.25) is 0 Å². The summed E-state index contributed by atoms with van der Waals surface area (Å²) in [4.78, 5) is 2.46. The Bertz CT molecular complexity index is 354. The molecule has 1 fully saturated rings. The van der Waals surface area contributed by atoms with Crippen LogP contribution in [0.2, 0.25) is 0 Å². The van der Waals surface area contributed by atoms with Crippen molar-refractivity contribution in [2.75, 3.05) is 32.8 Å². The summed E-state index contributed by atoms with van der Waals surface area (Å²) in [6, 6.07) is 0. The van der Waals surface area contributed by atoms with Gasteiger partial charge in [-0.3, -0.25) is 9.58 Å². The molecule has 2 rings (SSSR count). The minimum Gasteiger partial charge on any atom is -0.379 e. The second kappa shape index (κ2) is 5.65. The predicted molar refractivity (Wildman–Crippen MR) is 68.3 cm³/mol. The summed E-state index contributed by atoms with van der Waals surface area (Å²) in [5.41, 5.74) is 2.65. The van der Waals surface area contributed by atoms with Crippen molar-refractivity contribution in [2.45, 2.75) is 26.2 Å². The summed E-state index contributed by atoms with van der Waals surface area (Å²) in [6.45, 7) is 9.43. The molecule has 4 heteroatoms. The SMILES string of the molecule is CC(C)c1cn(C)nc1CCN1CCOCC1. The molecule has 0 saturated carbocycles. The lowest BCUT2D eigenvalue weighted by atomic mass is 10.0. The second-order valence-corrected chi connectivity index (χ2v) is 5.06.